The van der Waals surface area contributed by atoms with Crippen molar-refractivity contribution in [1.29, 1.82) is 0 Å². The van der Waals surface area contributed by atoms with Crippen molar-refractivity contribution in [1.82, 2.24) is 0 Å². The Bertz CT molecular complexity index is 1420. The number of phosphoric acid groups is 2. The molecule has 364 valence electrons. The lowest BCUT2D eigenvalue weighted by Gasteiger charge is -2.20. The van der Waals surface area contributed by atoms with Gasteiger partial charge >= 0.3 is 27.6 Å². The average molecular weight is 935 g/mol. The summed E-state index contributed by atoms with van der Waals surface area (Å²) in [4.78, 5) is 52.8. The maximum Gasteiger partial charge on any atom is 0.472 e. The van der Waals surface area contributed by atoms with Crippen molar-refractivity contribution in [2.75, 3.05) is 26.4 Å². The molecule has 1 unspecified atom stereocenters. The zero-order valence-electron chi connectivity index (χ0n) is 37.9. The molecule has 0 aliphatic carbocycles. The van der Waals surface area contributed by atoms with Crippen LogP contribution in [0.1, 0.15) is 155 Å². The normalized spacial score (nSPS) is 15.6. The Labute approximate surface area is 377 Å². The van der Waals surface area contributed by atoms with E-state index in [4.69, 9.17) is 23.8 Å². The highest BCUT2D eigenvalue weighted by atomic mass is 31.2. The number of aliphatic hydroxyl groups is 3. The highest BCUT2D eigenvalue weighted by Gasteiger charge is 2.28. The van der Waals surface area contributed by atoms with Crippen LogP contribution in [0, 0.1) is 0 Å². The van der Waals surface area contributed by atoms with E-state index in [1.165, 1.54) is 32.1 Å². The van der Waals surface area contributed by atoms with Gasteiger partial charge in [0, 0.05) is 12.8 Å². The number of ether oxygens (including phenoxy) is 2. The fourth-order valence-corrected chi connectivity index (χ4v) is 6.84. The lowest BCUT2D eigenvalue weighted by molar-refractivity contribution is -0.161. The molecule has 0 aliphatic heterocycles. The summed E-state index contributed by atoms with van der Waals surface area (Å²) >= 11 is 0. The monoisotopic (exact) mass is 934 g/mol. The number of hydrogen-bond acceptors (Lipinski definition) is 12. The second kappa shape index (κ2) is 40.9. The van der Waals surface area contributed by atoms with Gasteiger partial charge in [-0.05, 0) is 70.6 Å². The van der Waals surface area contributed by atoms with E-state index in [0.717, 1.165) is 70.6 Å². The molecule has 0 aromatic heterocycles. The molecule has 0 fully saturated rings. The third kappa shape index (κ3) is 44.5. The first-order chi connectivity index (χ1) is 30.2. The smallest absolute Gasteiger partial charge is 0.462 e. The molecule has 5 atom stereocenters. The number of allylic oxidation sites excluding steroid dienone is 9. The quantitative estimate of drug-likeness (QED) is 0.0110. The molecule has 0 heterocycles. The molecule has 6 N–H and O–H groups in total. The third-order valence-corrected chi connectivity index (χ3v) is 10.7. The maximum absolute atomic E-state index is 12.7. The van der Waals surface area contributed by atoms with Gasteiger partial charge in [-0.1, -0.05) is 145 Å². The van der Waals surface area contributed by atoms with Crippen molar-refractivity contribution in [3.05, 3.63) is 72.9 Å². The Hall–Kier alpha value is -2.52. The average Bonchev–Trinajstić information content (AvgIpc) is 3.23. The molecule has 15 nitrogen and oxygen atoms in total. The first kappa shape index (κ1) is 60.5. The van der Waals surface area contributed by atoms with Crippen molar-refractivity contribution >= 4 is 27.6 Å². The highest BCUT2D eigenvalue weighted by molar-refractivity contribution is 7.47. The molecule has 0 saturated heterocycles. The number of esters is 2. The first-order valence-corrected chi connectivity index (χ1v) is 25.9. The lowest BCUT2D eigenvalue weighted by atomic mass is 10.1. The summed E-state index contributed by atoms with van der Waals surface area (Å²) in [6.45, 7) is 1.38. The van der Waals surface area contributed by atoms with E-state index in [9.17, 15) is 38.9 Å². The van der Waals surface area contributed by atoms with Gasteiger partial charge < -0.3 is 39.5 Å². The Morgan fingerprint density at radius 1 is 0.540 bits per heavy atom. The Kier molecular flexibility index (Phi) is 39.3. The van der Waals surface area contributed by atoms with Crippen molar-refractivity contribution in [2.24, 2.45) is 0 Å². The Morgan fingerprint density at radius 3 is 1.65 bits per heavy atom. The first-order valence-electron chi connectivity index (χ1n) is 22.8. The number of unbranched alkanes of at least 4 members (excludes halogenated alkanes) is 13. The Balaban J connectivity index is 4.75. The van der Waals surface area contributed by atoms with Gasteiger partial charge in [0.15, 0.2) is 6.10 Å². The summed E-state index contributed by atoms with van der Waals surface area (Å²) in [5.41, 5.74) is 0. The molecule has 0 aliphatic rings. The number of hydrogen-bond donors (Lipinski definition) is 6. The van der Waals surface area contributed by atoms with Gasteiger partial charge in [0.05, 0.1) is 32.0 Å². The minimum atomic E-state index is -4.89. The van der Waals surface area contributed by atoms with Gasteiger partial charge in [0.25, 0.3) is 0 Å². The molecule has 0 bridgehead atoms. The second-order valence-electron chi connectivity index (χ2n) is 15.4. The molecule has 63 heavy (non-hydrogen) atoms. The topological polar surface area (TPSA) is 236 Å². The number of aliphatic hydroxyl groups excluding tert-OH is 3. The van der Waals surface area contributed by atoms with Crippen LogP contribution in [0.3, 0.4) is 0 Å². The summed E-state index contributed by atoms with van der Waals surface area (Å²) in [5, 5.41) is 30.1. The molecule has 0 aromatic rings. The number of carbonyl (C=O) groups is 2. The summed E-state index contributed by atoms with van der Waals surface area (Å²) in [6, 6.07) is 0. The van der Waals surface area contributed by atoms with Gasteiger partial charge in [-0.3, -0.25) is 23.2 Å². The molecule has 17 heteroatoms. The summed E-state index contributed by atoms with van der Waals surface area (Å²) in [7, 11) is -9.77. The predicted molar refractivity (Wildman–Crippen MR) is 246 cm³/mol. The van der Waals surface area contributed by atoms with Gasteiger partial charge in [0.2, 0.25) is 0 Å². The summed E-state index contributed by atoms with van der Waals surface area (Å²) < 4.78 is 47.6. The van der Waals surface area contributed by atoms with Crippen LogP contribution in [0.2, 0.25) is 0 Å². The van der Waals surface area contributed by atoms with Crippen LogP contribution in [-0.2, 0) is 41.8 Å². The van der Waals surface area contributed by atoms with E-state index in [1.807, 2.05) is 6.08 Å². The van der Waals surface area contributed by atoms with Crippen LogP contribution in [0.5, 0.6) is 0 Å². The van der Waals surface area contributed by atoms with Crippen LogP contribution < -0.4 is 0 Å². The van der Waals surface area contributed by atoms with E-state index < -0.39 is 78.4 Å². The molecule has 0 aromatic carbocycles. The maximum atomic E-state index is 12.7. The standard InChI is InChI=1S/C46H80O15P2/c1-3-5-7-9-11-12-13-14-15-16-17-18-19-20-21-23-29-35-46(51)61-44(40-60-63(55,56)59-38-43(49)37-58-62(52,53)54)39-57-45(50)36-30-34-42(48)33-28-25-24-27-32-41(47)31-26-22-10-8-6-4-2/h11-12,14-15,22,24-28,32-33,41-44,47-49H,3-10,13,16-21,23,29-31,34-40H2,1-2H3,(H,55,56)(H2,52,53,54)/b12-11-,15-14-,25-24+,26-22-,32-27+,33-28-/t41-,42-,43+,44-/m1/s1. The second-order valence-corrected chi connectivity index (χ2v) is 18.1. The van der Waals surface area contributed by atoms with Gasteiger partial charge in [-0.15, -0.1) is 0 Å². The SMILES string of the molecule is CCCCC/C=C\C/C=C\CCCCCCCCCC(=O)O[C@H](COC(=O)CCC[C@H](O)\C=C/C=C/C=C/[C@H](O)C/C=C\CCCCC)COP(=O)(O)OC[C@@H](O)COP(=O)(O)O. The summed E-state index contributed by atoms with van der Waals surface area (Å²) in [5.74, 6) is -1.29. The van der Waals surface area contributed by atoms with Crippen LogP contribution in [0.4, 0.5) is 0 Å². The van der Waals surface area contributed by atoms with E-state index in [2.05, 4.69) is 53.3 Å². The molecular formula is C46H80O15P2. The molecule has 0 amide bonds. The molecular weight excluding hydrogens is 854 g/mol. The largest absolute Gasteiger partial charge is 0.472 e. The zero-order valence-corrected chi connectivity index (χ0v) is 39.7. The fourth-order valence-electron chi connectivity index (χ4n) is 5.69. The molecule has 0 rings (SSSR count). The van der Waals surface area contributed by atoms with Crippen molar-refractivity contribution in [3.63, 3.8) is 0 Å². The van der Waals surface area contributed by atoms with E-state index >= 15 is 0 Å². The van der Waals surface area contributed by atoms with Gasteiger partial charge in [-0.25, -0.2) is 9.13 Å². The fraction of sp³-hybridized carbons (Fsp3) is 0.696. The molecule has 0 spiro atoms. The minimum absolute atomic E-state index is 0.0665. The van der Waals surface area contributed by atoms with Gasteiger partial charge in [-0.2, -0.15) is 0 Å². The molecule has 0 radical (unpaired) electrons. The van der Waals surface area contributed by atoms with E-state index in [0.29, 0.717) is 12.8 Å². The number of rotatable bonds is 42. The van der Waals surface area contributed by atoms with Crippen LogP contribution >= 0.6 is 15.6 Å². The molecule has 0 saturated carbocycles. The Morgan fingerprint density at radius 2 is 1.05 bits per heavy atom. The van der Waals surface area contributed by atoms with Crippen LogP contribution in [0.15, 0.2) is 72.9 Å². The highest BCUT2D eigenvalue weighted by Crippen LogP contribution is 2.43. The van der Waals surface area contributed by atoms with Crippen molar-refractivity contribution < 1.29 is 71.8 Å². The summed E-state index contributed by atoms with van der Waals surface area (Å²) in [6.07, 6.45) is 38.0. The zero-order chi connectivity index (χ0) is 46.9. The van der Waals surface area contributed by atoms with Crippen LogP contribution in [-0.4, -0.2) is 92.8 Å². The van der Waals surface area contributed by atoms with Crippen LogP contribution in [0.25, 0.3) is 0 Å². The third-order valence-electron chi connectivity index (χ3n) is 9.25. The lowest BCUT2D eigenvalue weighted by Crippen LogP contribution is -2.30. The number of phosphoric ester groups is 2. The van der Waals surface area contributed by atoms with Crippen molar-refractivity contribution in [3.8, 4) is 0 Å². The predicted octanol–water partition coefficient (Wildman–Crippen LogP) is 9.73. The minimum Gasteiger partial charge on any atom is -0.462 e. The van der Waals surface area contributed by atoms with E-state index in [-0.39, 0.29) is 25.7 Å². The van der Waals surface area contributed by atoms with Crippen molar-refractivity contribution in [2.45, 2.75) is 180 Å². The van der Waals surface area contributed by atoms with Gasteiger partial charge in [0.1, 0.15) is 12.7 Å². The van der Waals surface area contributed by atoms with E-state index in [1.54, 1.807) is 36.5 Å². The number of carbonyl (C=O) groups excluding carboxylic acids is 2.